The summed E-state index contributed by atoms with van der Waals surface area (Å²) in [6.45, 7) is 6.45. The number of carbonyl (C=O) groups excluding carboxylic acids is 1. The molecule has 0 aromatic heterocycles. The molecule has 1 N–H and O–H groups in total. The van der Waals surface area contributed by atoms with Crippen molar-refractivity contribution >= 4 is 18.3 Å². The second-order valence-electron chi connectivity index (χ2n) is 5.11. The van der Waals surface area contributed by atoms with Crippen LogP contribution in [0.25, 0.3) is 0 Å². The highest BCUT2D eigenvalue weighted by atomic mass is 35.5. The summed E-state index contributed by atoms with van der Waals surface area (Å²) in [5, 5.41) is 3.34. The Labute approximate surface area is 119 Å². The Morgan fingerprint density at radius 2 is 2.21 bits per heavy atom. The molecule has 0 bridgehead atoms. The van der Waals surface area contributed by atoms with Crippen LogP contribution in [0.3, 0.4) is 0 Å². The summed E-state index contributed by atoms with van der Waals surface area (Å²) >= 11 is 0. The van der Waals surface area contributed by atoms with Crippen molar-refractivity contribution in [2.75, 3.05) is 19.6 Å². The van der Waals surface area contributed by atoms with Crippen LogP contribution >= 0.6 is 12.4 Å². The number of halogens is 1. The van der Waals surface area contributed by atoms with Crippen molar-refractivity contribution in [3.05, 3.63) is 29.3 Å². The quantitative estimate of drug-likeness (QED) is 0.902. The number of piperazine rings is 1. The van der Waals surface area contributed by atoms with E-state index in [0.717, 1.165) is 36.5 Å². The van der Waals surface area contributed by atoms with Gasteiger partial charge >= 0.3 is 0 Å². The van der Waals surface area contributed by atoms with Crippen molar-refractivity contribution in [3.63, 3.8) is 0 Å². The molecule has 104 valence electrons. The normalized spacial score (nSPS) is 20.9. The van der Waals surface area contributed by atoms with Gasteiger partial charge in [-0.05, 0) is 25.5 Å². The van der Waals surface area contributed by atoms with Crippen molar-refractivity contribution in [2.45, 2.75) is 26.0 Å². The minimum absolute atomic E-state index is 0. The average Bonchev–Trinajstić information content (AvgIpc) is 2.65. The molecule has 2 aliphatic rings. The molecule has 0 spiro atoms. The van der Waals surface area contributed by atoms with Gasteiger partial charge in [0.25, 0.3) is 5.91 Å². The van der Waals surface area contributed by atoms with Gasteiger partial charge in [-0.2, -0.15) is 0 Å². The molecule has 4 nitrogen and oxygen atoms in total. The second kappa shape index (κ2) is 5.39. The van der Waals surface area contributed by atoms with Crippen LogP contribution in [0.1, 0.15) is 35.8 Å². The van der Waals surface area contributed by atoms with Crippen LogP contribution in [-0.4, -0.2) is 36.5 Å². The maximum Gasteiger partial charge on any atom is 0.258 e. The first-order valence-electron chi connectivity index (χ1n) is 6.49. The predicted octanol–water partition coefficient (Wildman–Crippen LogP) is 2.00. The number of amides is 1. The molecule has 2 aliphatic heterocycles. The van der Waals surface area contributed by atoms with E-state index in [9.17, 15) is 4.79 Å². The fraction of sp³-hybridized carbons (Fsp3) is 0.500. The second-order valence-corrected chi connectivity index (χ2v) is 5.11. The Morgan fingerprint density at radius 1 is 1.42 bits per heavy atom. The summed E-state index contributed by atoms with van der Waals surface area (Å²) in [6, 6.07) is 6.08. The molecule has 0 radical (unpaired) electrons. The number of nitrogens with zero attached hydrogens (tertiary/aromatic N) is 1. The van der Waals surface area contributed by atoms with Gasteiger partial charge in [0.1, 0.15) is 5.75 Å². The van der Waals surface area contributed by atoms with Crippen molar-refractivity contribution in [1.29, 1.82) is 0 Å². The molecule has 0 saturated carbocycles. The number of fused-ring (bicyclic) bond motifs is 3. The van der Waals surface area contributed by atoms with Gasteiger partial charge in [0, 0.05) is 19.6 Å². The van der Waals surface area contributed by atoms with Crippen LogP contribution < -0.4 is 10.1 Å². The summed E-state index contributed by atoms with van der Waals surface area (Å²) < 4.78 is 5.77. The van der Waals surface area contributed by atoms with E-state index in [-0.39, 0.29) is 30.5 Å². The highest BCUT2D eigenvalue weighted by Gasteiger charge is 2.40. The molecule has 1 aromatic rings. The van der Waals surface area contributed by atoms with E-state index in [1.807, 2.05) is 36.9 Å². The standard InChI is InChI=1S/C14H18N2O2.ClH/c1-9(2)18-12-5-3-4-10-11-8-15-6-7-16(11)14(17)13(10)12;/h3-5,9,11,15H,6-8H2,1-2H3;1H. The molecule has 2 heterocycles. The average molecular weight is 283 g/mol. The van der Waals surface area contributed by atoms with Crippen LogP contribution in [0.4, 0.5) is 0 Å². The lowest BCUT2D eigenvalue weighted by molar-refractivity contribution is 0.0687. The zero-order valence-electron chi connectivity index (χ0n) is 11.2. The van der Waals surface area contributed by atoms with E-state index >= 15 is 0 Å². The van der Waals surface area contributed by atoms with Crippen molar-refractivity contribution in [2.24, 2.45) is 0 Å². The Morgan fingerprint density at radius 3 is 2.95 bits per heavy atom. The Balaban J connectivity index is 0.00000133. The third-order valence-corrected chi connectivity index (χ3v) is 3.50. The van der Waals surface area contributed by atoms with Gasteiger partial charge in [0.2, 0.25) is 0 Å². The summed E-state index contributed by atoms with van der Waals surface area (Å²) in [6.07, 6.45) is 0.0834. The van der Waals surface area contributed by atoms with Gasteiger partial charge in [0.15, 0.2) is 0 Å². The van der Waals surface area contributed by atoms with Gasteiger partial charge < -0.3 is 15.0 Å². The largest absolute Gasteiger partial charge is 0.490 e. The molecule has 19 heavy (non-hydrogen) atoms. The number of nitrogens with one attached hydrogen (secondary N) is 1. The predicted molar refractivity (Wildman–Crippen MR) is 76.1 cm³/mol. The lowest BCUT2D eigenvalue weighted by atomic mass is 10.0. The molecule has 1 amide bonds. The fourth-order valence-electron chi connectivity index (χ4n) is 2.78. The number of rotatable bonds is 2. The SMILES string of the molecule is CC(C)Oc1cccc2c1C(=O)N1CCNCC21.Cl. The van der Waals surface area contributed by atoms with Gasteiger partial charge in [-0.3, -0.25) is 4.79 Å². The highest BCUT2D eigenvalue weighted by Crippen LogP contribution is 2.39. The van der Waals surface area contributed by atoms with E-state index in [0.29, 0.717) is 0 Å². The Kier molecular flexibility index (Phi) is 4.02. The van der Waals surface area contributed by atoms with E-state index in [1.165, 1.54) is 0 Å². The molecular formula is C14H19ClN2O2. The highest BCUT2D eigenvalue weighted by molar-refractivity contribution is 6.02. The van der Waals surface area contributed by atoms with Crippen LogP contribution in [0, 0.1) is 0 Å². The van der Waals surface area contributed by atoms with Crippen LogP contribution in [-0.2, 0) is 0 Å². The number of carbonyl (C=O) groups is 1. The third-order valence-electron chi connectivity index (χ3n) is 3.50. The Bertz CT molecular complexity index is 490. The topological polar surface area (TPSA) is 41.6 Å². The van der Waals surface area contributed by atoms with E-state index in [2.05, 4.69) is 5.32 Å². The first kappa shape index (κ1) is 14.2. The number of hydrogen-bond donors (Lipinski definition) is 1. The molecule has 3 rings (SSSR count). The molecule has 0 aliphatic carbocycles. The molecular weight excluding hydrogens is 264 g/mol. The van der Waals surface area contributed by atoms with Crippen molar-refractivity contribution < 1.29 is 9.53 Å². The van der Waals surface area contributed by atoms with E-state index in [4.69, 9.17) is 4.74 Å². The smallest absolute Gasteiger partial charge is 0.258 e. The van der Waals surface area contributed by atoms with E-state index in [1.54, 1.807) is 0 Å². The number of benzene rings is 1. The summed E-state index contributed by atoms with van der Waals surface area (Å²) in [7, 11) is 0. The van der Waals surface area contributed by atoms with Gasteiger partial charge in [-0.15, -0.1) is 12.4 Å². The summed E-state index contributed by atoms with van der Waals surface area (Å²) in [4.78, 5) is 14.4. The molecule has 1 unspecified atom stereocenters. The minimum atomic E-state index is 0. The monoisotopic (exact) mass is 282 g/mol. The zero-order chi connectivity index (χ0) is 12.7. The van der Waals surface area contributed by atoms with Crippen LogP contribution in [0.15, 0.2) is 18.2 Å². The van der Waals surface area contributed by atoms with Crippen LogP contribution in [0.2, 0.25) is 0 Å². The minimum Gasteiger partial charge on any atom is -0.490 e. The Hall–Kier alpha value is -1.26. The lowest BCUT2D eigenvalue weighted by Gasteiger charge is -2.30. The third kappa shape index (κ3) is 2.30. The first-order valence-corrected chi connectivity index (χ1v) is 6.49. The van der Waals surface area contributed by atoms with Crippen molar-refractivity contribution in [3.8, 4) is 5.75 Å². The van der Waals surface area contributed by atoms with Gasteiger partial charge in [0.05, 0.1) is 17.7 Å². The maximum absolute atomic E-state index is 12.5. The van der Waals surface area contributed by atoms with Gasteiger partial charge in [-0.25, -0.2) is 0 Å². The lowest BCUT2D eigenvalue weighted by Crippen LogP contribution is -2.44. The summed E-state index contributed by atoms with van der Waals surface area (Å²) in [5.74, 6) is 0.842. The van der Waals surface area contributed by atoms with Gasteiger partial charge in [-0.1, -0.05) is 12.1 Å². The van der Waals surface area contributed by atoms with Crippen molar-refractivity contribution in [1.82, 2.24) is 10.2 Å². The van der Waals surface area contributed by atoms with Crippen LogP contribution in [0.5, 0.6) is 5.75 Å². The number of hydrogen-bond acceptors (Lipinski definition) is 3. The fourth-order valence-corrected chi connectivity index (χ4v) is 2.78. The molecule has 1 atom stereocenters. The zero-order valence-corrected chi connectivity index (χ0v) is 12.0. The maximum atomic E-state index is 12.5. The summed E-state index contributed by atoms with van der Waals surface area (Å²) in [5.41, 5.74) is 1.87. The number of ether oxygens (including phenoxy) is 1. The molecule has 1 fully saturated rings. The molecule has 1 saturated heterocycles. The molecule has 1 aromatic carbocycles. The first-order chi connectivity index (χ1) is 8.68. The molecule has 5 heteroatoms. The van der Waals surface area contributed by atoms with E-state index < -0.39 is 0 Å².